The van der Waals surface area contributed by atoms with Crippen molar-refractivity contribution in [2.24, 2.45) is 5.73 Å². The number of hydrogen-bond acceptors (Lipinski definition) is 3. The lowest BCUT2D eigenvalue weighted by atomic mass is 9.96. The Bertz CT molecular complexity index is 616. The van der Waals surface area contributed by atoms with Crippen LogP contribution < -0.4 is 16.4 Å². The number of benzene rings is 2. The highest BCUT2D eigenvalue weighted by Gasteiger charge is 2.17. The van der Waals surface area contributed by atoms with Gasteiger partial charge in [0.1, 0.15) is 5.84 Å². The van der Waals surface area contributed by atoms with Crippen LogP contribution in [0.3, 0.4) is 0 Å². The Hall–Kier alpha value is -2.17. The van der Waals surface area contributed by atoms with Gasteiger partial charge in [0, 0.05) is 18.7 Å². The summed E-state index contributed by atoms with van der Waals surface area (Å²) in [7, 11) is 0. The topological polar surface area (TPSA) is 73.9 Å². The summed E-state index contributed by atoms with van der Waals surface area (Å²) in [6.45, 7) is 1.92. The van der Waals surface area contributed by atoms with Gasteiger partial charge < -0.3 is 5.73 Å². The normalized spacial score (nSPS) is 15.4. The second-order valence-corrected chi connectivity index (χ2v) is 4.93. The summed E-state index contributed by atoms with van der Waals surface area (Å²) >= 11 is 0. The molecule has 2 aromatic carbocycles. The molecule has 1 aliphatic heterocycles. The summed E-state index contributed by atoms with van der Waals surface area (Å²) in [5.41, 5.74) is 9.74. The van der Waals surface area contributed by atoms with Gasteiger partial charge in [-0.05, 0) is 22.8 Å². The SMILES string of the molecule is N=C(N)c1cc(C2NCCN2)ccc1-c1ccccc1. The molecule has 0 aliphatic carbocycles. The molecule has 102 valence electrons. The molecule has 20 heavy (non-hydrogen) atoms. The summed E-state index contributed by atoms with van der Waals surface area (Å²) in [6, 6.07) is 16.2. The van der Waals surface area contributed by atoms with E-state index in [-0.39, 0.29) is 12.0 Å². The van der Waals surface area contributed by atoms with Crippen molar-refractivity contribution in [3.63, 3.8) is 0 Å². The smallest absolute Gasteiger partial charge is 0.123 e. The van der Waals surface area contributed by atoms with Crippen LogP contribution in [0.15, 0.2) is 48.5 Å². The number of amidine groups is 1. The molecule has 0 saturated carbocycles. The molecule has 2 aromatic rings. The first-order chi connectivity index (χ1) is 9.75. The number of hydrogen-bond donors (Lipinski definition) is 4. The van der Waals surface area contributed by atoms with Gasteiger partial charge in [0.25, 0.3) is 0 Å². The van der Waals surface area contributed by atoms with E-state index in [1.165, 1.54) is 0 Å². The van der Waals surface area contributed by atoms with Crippen LogP contribution in [0.4, 0.5) is 0 Å². The zero-order valence-corrected chi connectivity index (χ0v) is 11.2. The summed E-state index contributed by atoms with van der Waals surface area (Å²) < 4.78 is 0. The van der Waals surface area contributed by atoms with Crippen molar-refractivity contribution in [1.29, 1.82) is 5.41 Å². The number of nitrogens with two attached hydrogens (primary N) is 1. The van der Waals surface area contributed by atoms with Gasteiger partial charge in [0.15, 0.2) is 0 Å². The van der Waals surface area contributed by atoms with Crippen LogP contribution in [0.25, 0.3) is 11.1 Å². The van der Waals surface area contributed by atoms with Crippen LogP contribution in [-0.2, 0) is 0 Å². The van der Waals surface area contributed by atoms with Gasteiger partial charge in [0.05, 0.1) is 6.17 Å². The number of nitrogens with one attached hydrogen (secondary N) is 3. The van der Waals surface area contributed by atoms with Crippen molar-refractivity contribution in [3.8, 4) is 11.1 Å². The molecule has 4 heteroatoms. The Morgan fingerprint density at radius 1 is 1.05 bits per heavy atom. The Labute approximate surface area is 118 Å². The minimum absolute atomic E-state index is 0.101. The van der Waals surface area contributed by atoms with Crippen LogP contribution in [0.2, 0.25) is 0 Å². The van der Waals surface area contributed by atoms with Gasteiger partial charge in [-0.3, -0.25) is 16.0 Å². The molecule has 5 N–H and O–H groups in total. The maximum Gasteiger partial charge on any atom is 0.123 e. The van der Waals surface area contributed by atoms with Crippen LogP contribution in [0.1, 0.15) is 17.3 Å². The van der Waals surface area contributed by atoms with E-state index in [4.69, 9.17) is 11.1 Å². The van der Waals surface area contributed by atoms with Crippen molar-refractivity contribution in [2.75, 3.05) is 13.1 Å². The van der Waals surface area contributed by atoms with Gasteiger partial charge in [-0.25, -0.2) is 0 Å². The van der Waals surface area contributed by atoms with E-state index < -0.39 is 0 Å². The lowest BCUT2D eigenvalue weighted by Gasteiger charge is -2.15. The summed E-state index contributed by atoms with van der Waals surface area (Å²) in [4.78, 5) is 0. The highest BCUT2D eigenvalue weighted by molar-refractivity contribution is 6.01. The largest absolute Gasteiger partial charge is 0.384 e. The predicted octanol–water partition coefficient (Wildman–Crippen LogP) is 1.83. The van der Waals surface area contributed by atoms with E-state index in [1.54, 1.807) is 0 Å². The molecule has 4 nitrogen and oxygen atoms in total. The zero-order chi connectivity index (χ0) is 13.9. The number of nitrogen functional groups attached to an aromatic ring is 1. The van der Waals surface area contributed by atoms with Crippen molar-refractivity contribution in [3.05, 3.63) is 59.7 Å². The highest BCUT2D eigenvalue weighted by Crippen LogP contribution is 2.26. The van der Waals surface area contributed by atoms with E-state index >= 15 is 0 Å². The van der Waals surface area contributed by atoms with Crippen molar-refractivity contribution < 1.29 is 0 Å². The van der Waals surface area contributed by atoms with Gasteiger partial charge in [0.2, 0.25) is 0 Å². The average Bonchev–Trinajstić information content (AvgIpc) is 3.02. The molecule has 1 aliphatic rings. The van der Waals surface area contributed by atoms with Gasteiger partial charge in [-0.2, -0.15) is 0 Å². The maximum absolute atomic E-state index is 7.83. The maximum atomic E-state index is 7.83. The second-order valence-electron chi connectivity index (χ2n) is 4.93. The molecule has 0 bridgehead atoms. The molecule has 0 amide bonds. The van der Waals surface area contributed by atoms with E-state index in [0.717, 1.165) is 35.3 Å². The second kappa shape index (κ2) is 5.45. The number of rotatable bonds is 3. The molecule has 0 unspecified atom stereocenters. The Kier molecular flexibility index (Phi) is 3.50. The minimum atomic E-state index is 0.101. The lowest BCUT2D eigenvalue weighted by molar-refractivity contribution is 0.588. The molecule has 1 heterocycles. The summed E-state index contributed by atoms with van der Waals surface area (Å²) in [6.07, 6.45) is 0.151. The van der Waals surface area contributed by atoms with Gasteiger partial charge >= 0.3 is 0 Å². The fourth-order valence-electron chi connectivity index (χ4n) is 2.57. The minimum Gasteiger partial charge on any atom is -0.384 e. The van der Waals surface area contributed by atoms with E-state index in [9.17, 15) is 0 Å². The Balaban J connectivity index is 2.05. The molecule has 0 spiro atoms. The molecule has 0 atom stereocenters. The van der Waals surface area contributed by atoms with Crippen LogP contribution >= 0.6 is 0 Å². The third-order valence-corrected chi connectivity index (χ3v) is 3.57. The Morgan fingerprint density at radius 3 is 2.40 bits per heavy atom. The zero-order valence-electron chi connectivity index (χ0n) is 11.2. The van der Waals surface area contributed by atoms with Crippen LogP contribution in [0.5, 0.6) is 0 Å². The molecule has 1 fully saturated rings. The first kappa shape index (κ1) is 12.8. The van der Waals surface area contributed by atoms with Crippen molar-refractivity contribution in [1.82, 2.24) is 10.6 Å². The fraction of sp³-hybridized carbons (Fsp3) is 0.188. The van der Waals surface area contributed by atoms with Gasteiger partial charge in [-0.1, -0.05) is 42.5 Å². The molecular weight excluding hydrogens is 248 g/mol. The van der Waals surface area contributed by atoms with Crippen LogP contribution in [0, 0.1) is 5.41 Å². The highest BCUT2D eigenvalue weighted by atomic mass is 15.2. The fourth-order valence-corrected chi connectivity index (χ4v) is 2.57. The summed E-state index contributed by atoms with van der Waals surface area (Å²) in [5.74, 6) is 0.101. The van der Waals surface area contributed by atoms with E-state index in [0.29, 0.717) is 0 Å². The first-order valence-corrected chi connectivity index (χ1v) is 6.76. The van der Waals surface area contributed by atoms with Crippen molar-refractivity contribution >= 4 is 5.84 Å². The Morgan fingerprint density at radius 2 is 1.75 bits per heavy atom. The molecular formula is C16H18N4. The molecule has 1 saturated heterocycles. The standard InChI is InChI=1S/C16H18N4/c17-15(18)14-10-12(16-19-8-9-20-16)6-7-13(14)11-4-2-1-3-5-11/h1-7,10,16,19-20H,8-9H2,(H3,17,18). The third-order valence-electron chi connectivity index (χ3n) is 3.57. The molecule has 0 radical (unpaired) electrons. The van der Waals surface area contributed by atoms with E-state index in [1.807, 2.05) is 42.5 Å². The molecule has 3 rings (SSSR count). The van der Waals surface area contributed by atoms with Gasteiger partial charge in [-0.15, -0.1) is 0 Å². The first-order valence-electron chi connectivity index (χ1n) is 6.76. The quantitative estimate of drug-likeness (QED) is 0.506. The monoisotopic (exact) mass is 266 g/mol. The third kappa shape index (κ3) is 2.43. The molecule has 0 aromatic heterocycles. The summed E-state index contributed by atoms with van der Waals surface area (Å²) in [5, 5.41) is 14.6. The van der Waals surface area contributed by atoms with Crippen LogP contribution in [-0.4, -0.2) is 18.9 Å². The average molecular weight is 266 g/mol. The lowest BCUT2D eigenvalue weighted by Crippen LogP contribution is -2.22. The van der Waals surface area contributed by atoms with E-state index in [2.05, 4.69) is 16.7 Å². The van der Waals surface area contributed by atoms with Crippen molar-refractivity contribution in [2.45, 2.75) is 6.17 Å². The predicted molar refractivity (Wildman–Crippen MR) is 81.6 cm³/mol.